The molecule has 152 valence electrons. The molecule has 0 radical (unpaired) electrons. The Hall–Kier alpha value is -2.82. The Morgan fingerprint density at radius 3 is 2.66 bits per heavy atom. The summed E-state index contributed by atoms with van der Waals surface area (Å²) in [5.41, 5.74) is 2.36. The standard InChI is InChI=1S/C19H20N4O4S2/c1-13-6-5-8-15(12-13)17(24)21-18-22-23-19(28-18)29(25,26)20-10-11-27-16-9-4-3-7-14(16)2/h3-9,12,20H,10-11H2,1-2H3,(H,21,22,24). The maximum atomic E-state index is 12.4. The smallest absolute Gasteiger partial charge is 0.269 e. The van der Waals surface area contributed by atoms with E-state index in [1.165, 1.54) is 0 Å². The molecular weight excluding hydrogens is 412 g/mol. The second-order valence-corrected chi connectivity index (χ2v) is 9.13. The third-order valence-electron chi connectivity index (χ3n) is 3.88. The summed E-state index contributed by atoms with van der Waals surface area (Å²) in [5.74, 6) is 0.317. The highest BCUT2D eigenvalue weighted by atomic mass is 32.2. The first-order valence-electron chi connectivity index (χ1n) is 8.75. The summed E-state index contributed by atoms with van der Waals surface area (Å²) in [6.45, 7) is 4.02. The lowest BCUT2D eigenvalue weighted by Crippen LogP contribution is -2.28. The Kier molecular flexibility index (Phi) is 6.57. The van der Waals surface area contributed by atoms with E-state index in [-0.39, 0.29) is 28.5 Å². The predicted molar refractivity (Wildman–Crippen MR) is 111 cm³/mol. The molecule has 0 spiro atoms. The minimum Gasteiger partial charge on any atom is -0.492 e. The van der Waals surface area contributed by atoms with E-state index in [2.05, 4.69) is 20.2 Å². The number of para-hydroxylation sites is 1. The van der Waals surface area contributed by atoms with Crippen LogP contribution in [0.3, 0.4) is 0 Å². The van der Waals surface area contributed by atoms with E-state index >= 15 is 0 Å². The lowest BCUT2D eigenvalue weighted by Gasteiger charge is -2.09. The number of carbonyl (C=O) groups is 1. The molecule has 0 fully saturated rings. The molecule has 0 aliphatic carbocycles. The van der Waals surface area contributed by atoms with Crippen LogP contribution in [0.5, 0.6) is 5.75 Å². The third-order valence-corrected chi connectivity index (χ3v) is 6.55. The van der Waals surface area contributed by atoms with Crippen LogP contribution in [0.2, 0.25) is 0 Å². The number of anilines is 1. The number of nitrogens with zero attached hydrogens (tertiary/aromatic N) is 2. The van der Waals surface area contributed by atoms with Crippen molar-refractivity contribution in [3.8, 4) is 5.75 Å². The fraction of sp³-hybridized carbons (Fsp3) is 0.211. The number of hydrogen-bond donors (Lipinski definition) is 2. The van der Waals surface area contributed by atoms with Gasteiger partial charge < -0.3 is 4.74 Å². The van der Waals surface area contributed by atoms with Crippen molar-refractivity contribution >= 4 is 32.4 Å². The highest BCUT2D eigenvalue weighted by molar-refractivity contribution is 7.91. The van der Waals surface area contributed by atoms with Gasteiger partial charge in [-0.15, -0.1) is 10.2 Å². The number of aryl methyl sites for hydroxylation is 2. The number of sulfonamides is 1. The van der Waals surface area contributed by atoms with Crippen molar-refractivity contribution in [1.29, 1.82) is 0 Å². The average Bonchev–Trinajstić information content (AvgIpc) is 3.16. The van der Waals surface area contributed by atoms with Gasteiger partial charge in [0, 0.05) is 12.1 Å². The maximum Gasteiger partial charge on any atom is 0.269 e. The molecule has 0 saturated carbocycles. The summed E-state index contributed by atoms with van der Waals surface area (Å²) in [7, 11) is -3.85. The first kappa shape index (κ1) is 20.9. The SMILES string of the molecule is Cc1cccc(C(=O)Nc2nnc(S(=O)(=O)NCCOc3ccccc3C)s2)c1. The number of rotatable bonds is 8. The summed E-state index contributed by atoms with van der Waals surface area (Å²) in [6, 6.07) is 14.5. The molecule has 3 aromatic rings. The number of hydrogen-bond acceptors (Lipinski definition) is 7. The molecule has 0 unspecified atom stereocenters. The van der Waals surface area contributed by atoms with Crippen molar-refractivity contribution in [2.24, 2.45) is 0 Å². The van der Waals surface area contributed by atoms with Gasteiger partial charge in [0.2, 0.25) is 9.47 Å². The second-order valence-electron chi connectivity index (χ2n) is 6.21. The summed E-state index contributed by atoms with van der Waals surface area (Å²) in [6.07, 6.45) is 0. The van der Waals surface area contributed by atoms with Crippen molar-refractivity contribution < 1.29 is 17.9 Å². The minimum atomic E-state index is -3.85. The fourth-order valence-corrected chi connectivity index (χ4v) is 4.39. The normalized spacial score (nSPS) is 11.2. The Balaban J connectivity index is 1.55. The first-order chi connectivity index (χ1) is 13.8. The Bertz CT molecular complexity index is 1110. The summed E-state index contributed by atoms with van der Waals surface area (Å²) in [5, 5.41) is 10.1. The van der Waals surface area contributed by atoms with Crippen molar-refractivity contribution in [3.63, 3.8) is 0 Å². The zero-order valence-electron chi connectivity index (χ0n) is 15.9. The zero-order chi connectivity index (χ0) is 20.9. The first-order valence-corrected chi connectivity index (χ1v) is 11.0. The molecule has 0 aliphatic heterocycles. The number of nitrogens with one attached hydrogen (secondary N) is 2. The largest absolute Gasteiger partial charge is 0.492 e. The van der Waals surface area contributed by atoms with Gasteiger partial charge in [0.15, 0.2) is 0 Å². The van der Waals surface area contributed by atoms with E-state index in [0.29, 0.717) is 11.3 Å². The van der Waals surface area contributed by atoms with Crippen LogP contribution in [0.4, 0.5) is 5.13 Å². The molecule has 0 aliphatic rings. The molecule has 0 atom stereocenters. The van der Waals surface area contributed by atoms with E-state index in [4.69, 9.17) is 4.74 Å². The molecule has 0 bridgehead atoms. The van der Waals surface area contributed by atoms with E-state index in [1.807, 2.05) is 44.2 Å². The molecule has 1 heterocycles. The fourth-order valence-electron chi connectivity index (χ4n) is 2.44. The van der Waals surface area contributed by atoms with Crippen LogP contribution in [0.15, 0.2) is 52.9 Å². The lowest BCUT2D eigenvalue weighted by molar-refractivity contribution is 0.102. The molecule has 3 rings (SSSR count). The number of aromatic nitrogens is 2. The highest BCUT2D eigenvalue weighted by Crippen LogP contribution is 2.21. The van der Waals surface area contributed by atoms with Gasteiger partial charge in [0.25, 0.3) is 15.9 Å². The Labute approximate surface area is 173 Å². The van der Waals surface area contributed by atoms with Crippen molar-refractivity contribution in [1.82, 2.24) is 14.9 Å². The number of carbonyl (C=O) groups excluding carboxylic acids is 1. The summed E-state index contributed by atoms with van der Waals surface area (Å²) in [4.78, 5) is 12.2. The highest BCUT2D eigenvalue weighted by Gasteiger charge is 2.21. The van der Waals surface area contributed by atoms with Gasteiger partial charge >= 0.3 is 0 Å². The predicted octanol–water partition coefficient (Wildman–Crippen LogP) is 2.76. The zero-order valence-corrected chi connectivity index (χ0v) is 17.5. The third kappa shape index (κ3) is 5.59. The molecule has 10 heteroatoms. The van der Waals surface area contributed by atoms with Crippen molar-refractivity contribution in [3.05, 3.63) is 65.2 Å². The molecule has 1 amide bonds. The van der Waals surface area contributed by atoms with Crippen molar-refractivity contribution in [2.75, 3.05) is 18.5 Å². The maximum absolute atomic E-state index is 12.4. The van der Waals surface area contributed by atoms with Crippen LogP contribution >= 0.6 is 11.3 Å². The number of benzene rings is 2. The van der Waals surface area contributed by atoms with Crippen LogP contribution in [0.1, 0.15) is 21.5 Å². The van der Waals surface area contributed by atoms with Gasteiger partial charge in [-0.05, 0) is 37.6 Å². The quantitative estimate of drug-likeness (QED) is 0.418. The molecule has 0 saturated heterocycles. The second kappa shape index (κ2) is 9.12. The summed E-state index contributed by atoms with van der Waals surface area (Å²) < 4.78 is 32.5. The van der Waals surface area contributed by atoms with Crippen LogP contribution in [-0.4, -0.2) is 37.7 Å². The van der Waals surface area contributed by atoms with Crippen LogP contribution in [0.25, 0.3) is 0 Å². The van der Waals surface area contributed by atoms with Gasteiger partial charge in [0.05, 0.1) is 0 Å². The molecular formula is C19H20N4O4S2. The van der Waals surface area contributed by atoms with Gasteiger partial charge in [0.1, 0.15) is 12.4 Å². The number of amides is 1. The monoisotopic (exact) mass is 432 g/mol. The lowest BCUT2D eigenvalue weighted by atomic mass is 10.1. The van der Waals surface area contributed by atoms with E-state index in [9.17, 15) is 13.2 Å². The van der Waals surface area contributed by atoms with Crippen LogP contribution in [-0.2, 0) is 10.0 Å². The van der Waals surface area contributed by atoms with Gasteiger partial charge in [-0.3, -0.25) is 10.1 Å². The molecule has 2 aromatic carbocycles. The van der Waals surface area contributed by atoms with Crippen LogP contribution < -0.4 is 14.8 Å². The average molecular weight is 433 g/mol. The molecule has 1 aromatic heterocycles. The van der Waals surface area contributed by atoms with E-state index in [0.717, 1.165) is 22.5 Å². The number of ether oxygens (including phenoxy) is 1. The van der Waals surface area contributed by atoms with Gasteiger partial charge in [-0.2, -0.15) is 0 Å². The topological polar surface area (TPSA) is 110 Å². The van der Waals surface area contributed by atoms with Crippen LogP contribution in [0, 0.1) is 13.8 Å². The molecule has 8 nitrogen and oxygen atoms in total. The minimum absolute atomic E-state index is 0.0707. The molecule has 2 N–H and O–H groups in total. The summed E-state index contributed by atoms with van der Waals surface area (Å²) >= 11 is 0.778. The van der Waals surface area contributed by atoms with Gasteiger partial charge in [-0.1, -0.05) is 47.2 Å². The Morgan fingerprint density at radius 1 is 1.10 bits per heavy atom. The van der Waals surface area contributed by atoms with Gasteiger partial charge in [-0.25, -0.2) is 13.1 Å². The molecule has 29 heavy (non-hydrogen) atoms. The Morgan fingerprint density at radius 2 is 1.90 bits per heavy atom. The van der Waals surface area contributed by atoms with E-state index in [1.54, 1.807) is 18.2 Å². The van der Waals surface area contributed by atoms with E-state index < -0.39 is 10.0 Å². The van der Waals surface area contributed by atoms with Crippen molar-refractivity contribution in [2.45, 2.75) is 18.2 Å².